The second-order valence-electron chi connectivity index (χ2n) is 5.40. The zero-order valence-corrected chi connectivity index (χ0v) is 15.2. The van der Waals surface area contributed by atoms with E-state index in [0.717, 1.165) is 21.3 Å². The van der Waals surface area contributed by atoms with Crippen LogP contribution in [0.5, 0.6) is 5.75 Å². The molecule has 128 valence electrons. The summed E-state index contributed by atoms with van der Waals surface area (Å²) in [6.07, 6.45) is 0. The first-order valence-electron chi connectivity index (χ1n) is 7.57. The van der Waals surface area contributed by atoms with Gasteiger partial charge in [-0.3, -0.25) is 4.79 Å². The highest BCUT2D eigenvalue weighted by Crippen LogP contribution is 2.27. The number of methoxy groups -OCH3 is 1. The third kappa shape index (κ3) is 5.32. The van der Waals surface area contributed by atoms with Crippen molar-refractivity contribution >= 4 is 21.8 Å². The first-order chi connectivity index (χ1) is 11.5. The van der Waals surface area contributed by atoms with E-state index in [9.17, 15) is 9.18 Å². The number of halogens is 2. The van der Waals surface area contributed by atoms with Gasteiger partial charge in [0.1, 0.15) is 11.6 Å². The molecule has 1 atom stereocenters. The first kappa shape index (κ1) is 18.4. The maximum absolute atomic E-state index is 12.8. The van der Waals surface area contributed by atoms with Crippen LogP contribution in [0.2, 0.25) is 0 Å². The van der Waals surface area contributed by atoms with E-state index in [1.54, 1.807) is 19.2 Å². The molecular formula is C18H20BrFN2O2. The molecule has 0 spiro atoms. The van der Waals surface area contributed by atoms with Crippen LogP contribution in [0.15, 0.2) is 46.9 Å². The maximum Gasteiger partial charge on any atom is 0.234 e. The van der Waals surface area contributed by atoms with Crippen LogP contribution in [-0.2, 0) is 11.3 Å². The van der Waals surface area contributed by atoms with E-state index in [4.69, 9.17) is 4.74 Å². The number of nitrogens with one attached hydrogen (secondary N) is 2. The molecule has 24 heavy (non-hydrogen) atoms. The Kier molecular flexibility index (Phi) is 6.75. The highest BCUT2D eigenvalue weighted by atomic mass is 79.9. The van der Waals surface area contributed by atoms with Crippen LogP contribution < -0.4 is 15.4 Å². The fourth-order valence-corrected chi connectivity index (χ4v) is 2.74. The van der Waals surface area contributed by atoms with Crippen molar-refractivity contribution in [2.75, 3.05) is 13.7 Å². The monoisotopic (exact) mass is 394 g/mol. The van der Waals surface area contributed by atoms with Crippen molar-refractivity contribution in [3.63, 3.8) is 0 Å². The zero-order valence-electron chi connectivity index (χ0n) is 13.6. The van der Waals surface area contributed by atoms with E-state index in [2.05, 4.69) is 26.6 Å². The average Bonchev–Trinajstić information content (AvgIpc) is 2.59. The summed E-state index contributed by atoms with van der Waals surface area (Å²) in [5, 5.41) is 5.98. The fraction of sp³-hybridized carbons (Fsp3) is 0.278. The van der Waals surface area contributed by atoms with Crippen LogP contribution in [0.3, 0.4) is 0 Å². The van der Waals surface area contributed by atoms with Gasteiger partial charge in [0.05, 0.1) is 18.1 Å². The molecule has 4 nitrogen and oxygen atoms in total. The van der Waals surface area contributed by atoms with E-state index in [0.29, 0.717) is 6.54 Å². The Morgan fingerprint density at radius 3 is 2.58 bits per heavy atom. The summed E-state index contributed by atoms with van der Waals surface area (Å²) < 4.78 is 18.9. The molecule has 0 saturated carbocycles. The predicted molar refractivity (Wildman–Crippen MR) is 95.4 cm³/mol. The number of carbonyl (C=O) groups excluding carboxylic acids is 1. The van der Waals surface area contributed by atoms with Gasteiger partial charge >= 0.3 is 0 Å². The Labute approximate surface area is 149 Å². The van der Waals surface area contributed by atoms with Gasteiger partial charge in [0.15, 0.2) is 0 Å². The lowest BCUT2D eigenvalue weighted by atomic mass is 10.1. The average molecular weight is 395 g/mol. The molecule has 2 N–H and O–H groups in total. The van der Waals surface area contributed by atoms with Gasteiger partial charge in [0, 0.05) is 12.6 Å². The molecule has 0 fully saturated rings. The summed E-state index contributed by atoms with van der Waals surface area (Å²) in [5.41, 5.74) is 1.91. The predicted octanol–water partition coefficient (Wildman–Crippen LogP) is 3.56. The number of carbonyl (C=O) groups is 1. The Balaban J connectivity index is 1.80. The number of ether oxygens (including phenoxy) is 1. The minimum absolute atomic E-state index is 0.0174. The second-order valence-corrected chi connectivity index (χ2v) is 6.25. The normalized spacial score (nSPS) is 11.8. The zero-order chi connectivity index (χ0) is 17.5. The van der Waals surface area contributed by atoms with Crippen molar-refractivity contribution < 1.29 is 13.9 Å². The van der Waals surface area contributed by atoms with Crippen LogP contribution in [0.1, 0.15) is 24.1 Å². The number of amides is 1. The number of hydrogen-bond acceptors (Lipinski definition) is 3. The second kappa shape index (κ2) is 8.80. The molecular weight excluding hydrogens is 375 g/mol. The van der Waals surface area contributed by atoms with Crippen molar-refractivity contribution in [1.29, 1.82) is 0 Å². The molecule has 0 saturated heterocycles. The molecule has 0 aliphatic rings. The minimum atomic E-state index is -0.286. The molecule has 1 amide bonds. The van der Waals surface area contributed by atoms with Crippen molar-refractivity contribution in [3.05, 3.63) is 63.9 Å². The fourth-order valence-electron chi connectivity index (χ4n) is 2.18. The van der Waals surface area contributed by atoms with Gasteiger partial charge in [-0.1, -0.05) is 18.2 Å². The molecule has 0 bridgehead atoms. The number of benzene rings is 2. The van der Waals surface area contributed by atoms with Gasteiger partial charge in [-0.25, -0.2) is 4.39 Å². The van der Waals surface area contributed by atoms with Crippen molar-refractivity contribution in [3.8, 4) is 5.75 Å². The van der Waals surface area contributed by atoms with Crippen LogP contribution in [-0.4, -0.2) is 19.6 Å². The SMILES string of the molecule is COc1ccc([C@@H](C)NCC(=O)NCc2ccc(F)cc2)cc1Br. The molecule has 0 radical (unpaired) electrons. The summed E-state index contributed by atoms with van der Waals surface area (Å²) in [5.74, 6) is 0.368. The Hall–Kier alpha value is -1.92. The van der Waals surface area contributed by atoms with Gasteiger partial charge in [0.25, 0.3) is 0 Å². The minimum Gasteiger partial charge on any atom is -0.496 e. The van der Waals surface area contributed by atoms with Crippen molar-refractivity contribution in [2.45, 2.75) is 19.5 Å². The highest BCUT2D eigenvalue weighted by molar-refractivity contribution is 9.10. The lowest BCUT2D eigenvalue weighted by molar-refractivity contribution is -0.120. The first-order valence-corrected chi connectivity index (χ1v) is 8.37. The van der Waals surface area contributed by atoms with Gasteiger partial charge in [-0.05, 0) is 58.2 Å². The maximum atomic E-state index is 12.8. The summed E-state index contributed by atoms with van der Waals surface area (Å²) in [6.45, 7) is 2.57. The number of rotatable bonds is 7. The standard InChI is InChI=1S/C18H20BrFN2O2/c1-12(14-5-8-17(24-2)16(19)9-14)21-11-18(23)22-10-13-3-6-15(20)7-4-13/h3-9,12,21H,10-11H2,1-2H3,(H,22,23)/t12-/m1/s1. The van der Waals surface area contributed by atoms with Crippen LogP contribution in [0.4, 0.5) is 4.39 Å². The van der Waals surface area contributed by atoms with Gasteiger partial charge in [0.2, 0.25) is 5.91 Å². The Morgan fingerprint density at radius 2 is 1.96 bits per heavy atom. The summed E-state index contributed by atoms with van der Waals surface area (Å²) in [4.78, 5) is 11.9. The van der Waals surface area contributed by atoms with Gasteiger partial charge in [-0.2, -0.15) is 0 Å². The van der Waals surface area contributed by atoms with Crippen molar-refractivity contribution in [2.24, 2.45) is 0 Å². The van der Waals surface area contributed by atoms with Crippen molar-refractivity contribution in [1.82, 2.24) is 10.6 Å². The third-order valence-corrected chi connectivity index (χ3v) is 4.27. The van der Waals surface area contributed by atoms with Crippen LogP contribution in [0, 0.1) is 5.82 Å². The van der Waals surface area contributed by atoms with Gasteiger partial charge < -0.3 is 15.4 Å². The van der Waals surface area contributed by atoms with E-state index in [1.165, 1.54) is 12.1 Å². The molecule has 6 heteroatoms. The van der Waals surface area contributed by atoms with E-state index >= 15 is 0 Å². The third-order valence-electron chi connectivity index (χ3n) is 3.65. The van der Waals surface area contributed by atoms with E-state index in [-0.39, 0.29) is 24.3 Å². The molecule has 2 aromatic rings. The summed E-state index contributed by atoms with van der Waals surface area (Å²) >= 11 is 3.45. The smallest absolute Gasteiger partial charge is 0.234 e. The van der Waals surface area contributed by atoms with Crippen LogP contribution >= 0.6 is 15.9 Å². The Morgan fingerprint density at radius 1 is 1.25 bits per heavy atom. The topological polar surface area (TPSA) is 50.4 Å². The largest absolute Gasteiger partial charge is 0.496 e. The highest BCUT2D eigenvalue weighted by Gasteiger charge is 2.10. The molecule has 2 aromatic carbocycles. The number of hydrogen-bond donors (Lipinski definition) is 2. The summed E-state index contributed by atoms with van der Waals surface area (Å²) in [7, 11) is 1.62. The lowest BCUT2D eigenvalue weighted by Gasteiger charge is -2.15. The molecule has 0 aliphatic carbocycles. The van der Waals surface area contributed by atoms with E-state index < -0.39 is 0 Å². The van der Waals surface area contributed by atoms with Crippen LogP contribution in [0.25, 0.3) is 0 Å². The lowest BCUT2D eigenvalue weighted by Crippen LogP contribution is -2.34. The summed E-state index contributed by atoms with van der Waals surface area (Å²) in [6, 6.07) is 11.9. The molecule has 0 unspecified atom stereocenters. The van der Waals surface area contributed by atoms with E-state index in [1.807, 2.05) is 25.1 Å². The molecule has 2 rings (SSSR count). The molecule has 0 aromatic heterocycles. The molecule has 0 heterocycles. The van der Waals surface area contributed by atoms with Gasteiger partial charge in [-0.15, -0.1) is 0 Å². The molecule has 0 aliphatic heterocycles. The Bertz CT molecular complexity index is 692. The quantitative estimate of drug-likeness (QED) is 0.754.